The maximum Gasteiger partial charge on any atom is 0.279 e. The predicted molar refractivity (Wildman–Crippen MR) is 112 cm³/mol. The smallest absolute Gasteiger partial charge is 0.279 e. The van der Waals surface area contributed by atoms with E-state index in [4.69, 9.17) is 21.1 Å². The maximum absolute atomic E-state index is 12.3. The number of carbonyl (C=O) groups is 1. The molecule has 1 saturated heterocycles. The fraction of sp³-hybridized carbons (Fsp3) is 0.381. The lowest BCUT2D eigenvalue weighted by Crippen LogP contribution is -3.10. The monoisotopic (exact) mass is 404 g/mol. The van der Waals surface area contributed by atoms with Crippen molar-refractivity contribution in [2.45, 2.75) is 0 Å². The number of ether oxygens (including phenoxy) is 2. The lowest BCUT2D eigenvalue weighted by atomic mass is 10.2. The molecule has 1 amide bonds. The van der Waals surface area contributed by atoms with Crippen LogP contribution in [0.1, 0.15) is 0 Å². The van der Waals surface area contributed by atoms with E-state index >= 15 is 0 Å². The van der Waals surface area contributed by atoms with E-state index in [1.54, 1.807) is 12.1 Å². The third-order valence-electron chi connectivity index (χ3n) is 4.60. The minimum Gasteiger partial charge on any atom is -0.488 e. The van der Waals surface area contributed by atoms with Crippen molar-refractivity contribution in [2.75, 3.05) is 63.3 Å². The molecule has 0 bridgehead atoms. The van der Waals surface area contributed by atoms with Gasteiger partial charge in [0.1, 0.15) is 18.9 Å². The molecule has 1 aliphatic heterocycles. The van der Waals surface area contributed by atoms with Crippen molar-refractivity contribution in [2.24, 2.45) is 0 Å². The summed E-state index contributed by atoms with van der Waals surface area (Å²) in [6.07, 6.45) is 0. The van der Waals surface area contributed by atoms with Gasteiger partial charge in [0.25, 0.3) is 5.91 Å². The normalized spacial score (nSPS) is 15.1. The molecule has 0 spiro atoms. The molecule has 1 fully saturated rings. The SMILES string of the molecule is C[NH+](CCOc1ccc(Cl)cc1)CC(=O)Nc1ccc(N2CCOCC2)cc1. The van der Waals surface area contributed by atoms with Crippen LogP contribution in [0.4, 0.5) is 11.4 Å². The van der Waals surface area contributed by atoms with Gasteiger partial charge in [-0.1, -0.05) is 11.6 Å². The largest absolute Gasteiger partial charge is 0.488 e. The molecule has 150 valence electrons. The number of nitrogens with zero attached hydrogens (tertiary/aromatic N) is 1. The van der Waals surface area contributed by atoms with Crippen LogP contribution in [0.3, 0.4) is 0 Å². The number of halogens is 1. The zero-order valence-electron chi connectivity index (χ0n) is 16.1. The number of hydrogen-bond acceptors (Lipinski definition) is 4. The molecule has 3 rings (SSSR count). The Hall–Kier alpha value is -2.28. The molecular weight excluding hydrogens is 378 g/mol. The average Bonchev–Trinajstić information content (AvgIpc) is 2.70. The second-order valence-corrected chi connectivity index (χ2v) is 7.32. The molecule has 6 nitrogen and oxygen atoms in total. The van der Waals surface area contributed by atoms with Crippen molar-refractivity contribution >= 4 is 28.9 Å². The molecule has 28 heavy (non-hydrogen) atoms. The first-order valence-electron chi connectivity index (χ1n) is 9.52. The highest BCUT2D eigenvalue weighted by Crippen LogP contribution is 2.19. The van der Waals surface area contributed by atoms with E-state index in [0.29, 0.717) is 18.2 Å². The molecule has 0 radical (unpaired) electrons. The van der Waals surface area contributed by atoms with E-state index < -0.39 is 0 Å². The van der Waals surface area contributed by atoms with E-state index in [1.807, 2.05) is 43.4 Å². The van der Waals surface area contributed by atoms with Crippen LogP contribution in [0.2, 0.25) is 5.02 Å². The van der Waals surface area contributed by atoms with Crippen LogP contribution in [0.15, 0.2) is 48.5 Å². The summed E-state index contributed by atoms with van der Waals surface area (Å²) in [4.78, 5) is 15.6. The predicted octanol–water partition coefficient (Wildman–Crippen LogP) is 1.71. The fourth-order valence-electron chi connectivity index (χ4n) is 3.02. The van der Waals surface area contributed by atoms with Crippen molar-refractivity contribution in [3.8, 4) is 5.75 Å². The van der Waals surface area contributed by atoms with Gasteiger partial charge in [-0.05, 0) is 48.5 Å². The molecule has 2 aromatic rings. The van der Waals surface area contributed by atoms with Gasteiger partial charge in [-0.2, -0.15) is 0 Å². The van der Waals surface area contributed by atoms with Crippen LogP contribution in [0.5, 0.6) is 5.75 Å². The number of quaternary nitrogens is 1. The number of carbonyl (C=O) groups excluding carboxylic acids is 1. The molecule has 0 aromatic heterocycles. The first-order chi connectivity index (χ1) is 13.6. The third kappa shape index (κ3) is 6.41. The summed E-state index contributed by atoms with van der Waals surface area (Å²) < 4.78 is 11.1. The zero-order chi connectivity index (χ0) is 19.8. The number of nitrogens with one attached hydrogen (secondary N) is 2. The standard InChI is InChI=1S/C21H26ClN3O3/c1-24(10-15-28-20-8-2-17(22)3-9-20)16-21(26)23-18-4-6-19(7-5-18)25-11-13-27-14-12-25/h2-9H,10-16H2,1H3,(H,23,26)/p+1. The summed E-state index contributed by atoms with van der Waals surface area (Å²) in [5.74, 6) is 0.769. The van der Waals surface area contributed by atoms with Gasteiger partial charge in [-0.15, -0.1) is 0 Å². The average molecular weight is 405 g/mol. The summed E-state index contributed by atoms with van der Waals surface area (Å²) >= 11 is 5.86. The first-order valence-corrected chi connectivity index (χ1v) is 9.90. The molecule has 1 aliphatic rings. The molecule has 1 unspecified atom stereocenters. The Morgan fingerprint density at radius 1 is 1.14 bits per heavy atom. The molecule has 1 atom stereocenters. The van der Waals surface area contributed by atoms with Crippen molar-refractivity contribution in [1.29, 1.82) is 0 Å². The number of hydrogen-bond donors (Lipinski definition) is 2. The number of amides is 1. The number of anilines is 2. The third-order valence-corrected chi connectivity index (χ3v) is 4.85. The summed E-state index contributed by atoms with van der Waals surface area (Å²) in [5, 5.41) is 3.64. The molecule has 0 aliphatic carbocycles. The summed E-state index contributed by atoms with van der Waals surface area (Å²) in [6, 6.07) is 15.2. The number of rotatable bonds is 8. The van der Waals surface area contributed by atoms with E-state index in [9.17, 15) is 4.79 Å². The van der Waals surface area contributed by atoms with Gasteiger partial charge in [0, 0.05) is 29.5 Å². The molecule has 2 aromatic carbocycles. The summed E-state index contributed by atoms with van der Waals surface area (Å²) in [5.41, 5.74) is 1.97. The van der Waals surface area contributed by atoms with Gasteiger partial charge in [0.2, 0.25) is 0 Å². The minimum atomic E-state index is -0.0110. The quantitative estimate of drug-likeness (QED) is 0.703. The Morgan fingerprint density at radius 2 is 1.82 bits per heavy atom. The second kappa shape index (κ2) is 10.3. The van der Waals surface area contributed by atoms with Gasteiger partial charge in [0.15, 0.2) is 6.54 Å². The van der Waals surface area contributed by atoms with Crippen LogP contribution in [-0.2, 0) is 9.53 Å². The number of likely N-dealkylation sites (N-methyl/N-ethyl adjacent to an activating group) is 1. The van der Waals surface area contributed by atoms with E-state index in [2.05, 4.69) is 10.2 Å². The Labute approximate surface area is 171 Å². The van der Waals surface area contributed by atoms with E-state index in [-0.39, 0.29) is 5.91 Å². The Balaban J connectivity index is 1.38. The molecule has 0 saturated carbocycles. The zero-order valence-corrected chi connectivity index (χ0v) is 16.9. The second-order valence-electron chi connectivity index (χ2n) is 6.88. The van der Waals surface area contributed by atoms with Gasteiger partial charge in [0.05, 0.1) is 20.3 Å². The highest BCUT2D eigenvalue weighted by molar-refractivity contribution is 6.30. The van der Waals surface area contributed by atoms with Crippen molar-refractivity contribution in [3.63, 3.8) is 0 Å². The van der Waals surface area contributed by atoms with Gasteiger partial charge >= 0.3 is 0 Å². The minimum absolute atomic E-state index is 0.0110. The van der Waals surface area contributed by atoms with Crippen molar-refractivity contribution < 1.29 is 19.2 Å². The summed E-state index contributed by atoms with van der Waals surface area (Å²) in [7, 11) is 1.98. The Bertz CT molecular complexity index is 746. The molecule has 1 heterocycles. The lowest BCUT2D eigenvalue weighted by molar-refractivity contribution is -0.871. The fourth-order valence-corrected chi connectivity index (χ4v) is 3.14. The highest BCUT2D eigenvalue weighted by Gasteiger charge is 2.13. The van der Waals surface area contributed by atoms with Crippen LogP contribution >= 0.6 is 11.6 Å². The van der Waals surface area contributed by atoms with Crippen LogP contribution in [0.25, 0.3) is 0 Å². The van der Waals surface area contributed by atoms with E-state index in [1.165, 1.54) is 0 Å². The maximum atomic E-state index is 12.3. The Kier molecular flexibility index (Phi) is 7.54. The lowest BCUT2D eigenvalue weighted by Gasteiger charge is -2.28. The molecule has 2 N–H and O–H groups in total. The molecule has 7 heteroatoms. The van der Waals surface area contributed by atoms with Gasteiger partial charge < -0.3 is 24.6 Å². The van der Waals surface area contributed by atoms with Crippen LogP contribution in [0, 0.1) is 0 Å². The van der Waals surface area contributed by atoms with Crippen molar-refractivity contribution in [3.05, 3.63) is 53.6 Å². The van der Waals surface area contributed by atoms with Crippen molar-refractivity contribution in [1.82, 2.24) is 0 Å². The first kappa shape index (κ1) is 20.5. The number of morpholine rings is 1. The summed E-state index contributed by atoms with van der Waals surface area (Å²) in [6.45, 7) is 4.97. The van der Waals surface area contributed by atoms with Gasteiger partial charge in [-0.3, -0.25) is 4.79 Å². The highest BCUT2D eigenvalue weighted by atomic mass is 35.5. The van der Waals surface area contributed by atoms with E-state index in [0.717, 1.165) is 54.9 Å². The molecular formula is C21H27ClN3O3+. The Morgan fingerprint density at radius 3 is 2.50 bits per heavy atom. The topological polar surface area (TPSA) is 55.2 Å². The number of benzene rings is 2. The van der Waals surface area contributed by atoms with Gasteiger partial charge in [-0.25, -0.2) is 0 Å². The van der Waals surface area contributed by atoms with Crippen LogP contribution in [-0.4, -0.2) is 59.0 Å². The van der Waals surface area contributed by atoms with Crippen LogP contribution < -0.4 is 19.9 Å².